The predicted molar refractivity (Wildman–Crippen MR) is 60.4 cm³/mol. The minimum absolute atomic E-state index is 0.931. The SMILES string of the molecule is CNCc1ccc2cc(C)n(C)c2c1. The summed E-state index contributed by atoms with van der Waals surface area (Å²) < 4.78 is 2.23. The van der Waals surface area contributed by atoms with Crippen LogP contribution in [0.15, 0.2) is 24.3 Å². The van der Waals surface area contributed by atoms with E-state index in [1.54, 1.807) is 0 Å². The Morgan fingerprint density at radius 1 is 1.29 bits per heavy atom. The molecule has 1 N–H and O–H groups in total. The van der Waals surface area contributed by atoms with E-state index in [4.69, 9.17) is 0 Å². The normalized spacial score (nSPS) is 11.1. The number of rotatable bonds is 2. The summed E-state index contributed by atoms with van der Waals surface area (Å²) in [4.78, 5) is 0. The molecule has 2 nitrogen and oxygen atoms in total. The summed E-state index contributed by atoms with van der Waals surface area (Å²) in [6, 6.07) is 8.84. The maximum Gasteiger partial charge on any atom is 0.0483 e. The van der Waals surface area contributed by atoms with Gasteiger partial charge in [-0.05, 0) is 37.1 Å². The van der Waals surface area contributed by atoms with Crippen molar-refractivity contribution in [2.75, 3.05) is 7.05 Å². The Morgan fingerprint density at radius 3 is 2.79 bits per heavy atom. The van der Waals surface area contributed by atoms with Crippen molar-refractivity contribution in [2.24, 2.45) is 7.05 Å². The van der Waals surface area contributed by atoms with Crippen molar-refractivity contribution in [1.82, 2.24) is 9.88 Å². The van der Waals surface area contributed by atoms with Gasteiger partial charge in [0, 0.05) is 24.8 Å². The molecule has 0 fully saturated rings. The highest BCUT2D eigenvalue weighted by molar-refractivity contribution is 5.81. The average Bonchev–Trinajstić information content (AvgIpc) is 2.45. The number of nitrogens with one attached hydrogen (secondary N) is 1. The first kappa shape index (κ1) is 9.28. The molecule has 0 aliphatic carbocycles. The lowest BCUT2D eigenvalue weighted by Gasteiger charge is -2.02. The minimum atomic E-state index is 0.931. The van der Waals surface area contributed by atoms with Gasteiger partial charge in [-0.1, -0.05) is 12.1 Å². The third-order valence-electron chi connectivity index (χ3n) is 2.73. The molecule has 1 aromatic carbocycles. The van der Waals surface area contributed by atoms with E-state index in [1.807, 2.05) is 7.05 Å². The van der Waals surface area contributed by atoms with Gasteiger partial charge in [-0.15, -0.1) is 0 Å². The summed E-state index contributed by atoms with van der Waals surface area (Å²) in [6.45, 7) is 3.07. The van der Waals surface area contributed by atoms with E-state index < -0.39 is 0 Å². The van der Waals surface area contributed by atoms with Crippen molar-refractivity contribution in [2.45, 2.75) is 13.5 Å². The highest BCUT2D eigenvalue weighted by Crippen LogP contribution is 2.19. The summed E-state index contributed by atoms with van der Waals surface area (Å²) in [5.74, 6) is 0. The summed E-state index contributed by atoms with van der Waals surface area (Å²) in [5, 5.41) is 4.49. The number of aryl methyl sites for hydroxylation is 2. The molecule has 0 radical (unpaired) electrons. The van der Waals surface area contributed by atoms with E-state index in [2.05, 4.69) is 48.1 Å². The monoisotopic (exact) mass is 188 g/mol. The van der Waals surface area contributed by atoms with E-state index >= 15 is 0 Å². The van der Waals surface area contributed by atoms with Gasteiger partial charge >= 0.3 is 0 Å². The molecule has 0 saturated heterocycles. The lowest BCUT2D eigenvalue weighted by molar-refractivity contribution is 0.817. The average molecular weight is 188 g/mol. The van der Waals surface area contributed by atoms with Crippen LogP contribution >= 0.6 is 0 Å². The third kappa shape index (κ3) is 1.42. The smallest absolute Gasteiger partial charge is 0.0483 e. The molecule has 0 aliphatic rings. The number of hydrogen-bond acceptors (Lipinski definition) is 1. The molecule has 14 heavy (non-hydrogen) atoms. The van der Waals surface area contributed by atoms with Gasteiger partial charge in [0.15, 0.2) is 0 Å². The largest absolute Gasteiger partial charge is 0.348 e. The van der Waals surface area contributed by atoms with Gasteiger partial charge in [0.25, 0.3) is 0 Å². The molecular formula is C12H16N2. The lowest BCUT2D eigenvalue weighted by Crippen LogP contribution is -2.04. The zero-order valence-corrected chi connectivity index (χ0v) is 8.96. The van der Waals surface area contributed by atoms with Crippen LogP contribution in [0.5, 0.6) is 0 Å². The summed E-state index contributed by atoms with van der Waals surface area (Å²) in [6.07, 6.45) is 0. The number of fused-ring (bicyclic) bond motifs is 1. The maximum absolute atomic E-state index is 3.17. The van der Waals surface area contributed by atoms with E-state index in [0.717, 1.165) is 6.54 Å². The first-order valence-electron chi connectivity index (χ1n) is 4.92. The fourth-order valence-electron chi connectivity index (χ4n) is 1.83. The van der Waals surface area contributed by atoms with Gasteiger partial charge in [0.05, 0.1) is 0 Å². The Kier molecular flexibility index (Phi) is 2.30. The number of nitrogens with zero attached hydrogens (tertiary/aromatic N) is 1. The highest BCUT2D eigenvalue weighted by Gasteiger charge is 2.02. The zero-order chi connectivity index (χ0) is 10.1. The highest BCUT2D eigenvalue weighted by atomic mass is 14.9. The Hall–Kier alpha value is -1.28. The van der Waals surface area contributed by atoms with Crippen molar-refractivity contribution < 1.29 is 0 Å². The van der Waals surface area contributed by atoms with Gasteiger partial charge in [-0.25, -0.2) is 0 Å². The molecule has 2 aromatic rings. The van der Waals surface area contributed by atoms with Crippen LogP contribution in [0, 0.1) is 6.92 Å². The lowest BCUT2D eigenvalue weighted by atomic mass is 10.1. The number of aromatic nitrogens is 1. The molecule has 1 heterocycles. The van der Waals surface area contributed by atoms with Crippen molar-refractivity contribution in [3.05, 3.63) is 35.5 Å². The molecule has 0 atom stereocenters. The summed E-state index contributed by atoms with van der Waals surface area (Å²) >= 11 is 0. The Labute approximate surface area is 84.5 Å². The van der Waals surface area contributed by atoms with Crippen LogP contribution in [-0.4, -0.2) is 11.6 Å². The van der Waals surface area contributed by atoms with Crippen LogP contribution in [-0.2, 0) is 13.6 Å². The van der Waals surface area contributed by atoms with Gasteiger partial charge in [0.2, 0.25) is 0 Å². The molecule has 2 heteroatoms. The van der Waals surface area contributed by atoms with Crippen LogP contribution in [0.3, 0.4) is 0 Å². The molecule has 74 valence electrons. The van der Waals surface area contributed by atoms with E-state index in [9.17, 15) is 0 Å². The Balaban J connectivity index is 2.58. The standard InChI is InChI=1S/C12H16N2/c1-9-6-11-5-4-10(8-13-2)7-12(11)14(9)3/h4-7,13H,8H2,1-3H3. The van der Waals surface area contributed by atoms with Crippen LogP contribution in [0.2, 0.25) is 0 Å². The van der Waals surface area contributed by atoms with E-state index in [-0.39, 0.29) is 0 Å². The third-order valence-corrected chi connectivity index (χ3v) is 2.73. The van der Waals surface area contributed by atoms with Crippen LogP contribution in [0.4, 0.5) is 0 Å². The molecule has 0 aliphatic heterocycles. The number of benzene rings is 1. The zero-order valence-electron chi connectivity index (χ0n) is 8.96. The molecule has 0 spiro atoms. The summed E-state index contributed by atoms with van der Waals surface area (Å²) in [7, 11) is 4.08. The molecule has 0 unspecified atom stereocenters. The molecule has 0 bridgehead atoms. The topological polar surface area (TPSA) is 17.0 Å². The van der Waals surface area contributed by atoms with Crippen molar-refractivity contribution in [1.29, 1.82) is 0 Å². The first-order valence-corrected chi connectivity index (χ1v) is 4.92. The van der Waals surface area contributed by atoms with Crippen molar-refractivity contribution >= 4 is 10.9 Å². The minimum Gasteiger partial charge on any atom is -0.348 e. The van der Waals surface area contributed by atoms with Crippen molar-refractivity contribution in [3.63, 3.8) is 0 Å². The second kappa shape index (κ2) is 3.46. The van der Waals surface area contributed by atoms with Crippen molar-refractivity contribution in [3.8, 4) is 0 Å². The fraction of sp³-hybridized carbons (Fsp3) is 0.333. The molecule has 2 rings (SSSR count). The van der Waals surface area contributed by atoms with Gasteiger partial charge in [0.1, 0.15) is 0 Å². The fourth-order valence-corrected chi connectivity index (χ4v) is 1.83. The Morgan fingerprint density at radius 2 is 2.07 bits per heavy atom. The molecule has 1 aromatic heterocycles. The maximum atomic E-state index is 3.17. The predicted octanol–water partition coefficient (Wildman–Crippen LogP) is 2.21. The van der Waals surface area contributed by atoms with Gasteiger partial charge < -0.3 is 9.88 Å². The van der Waals surface area contributed by atoms with Crippen LogP contribution < -0.4 is 5.32 Å². The Bertz CT molecular complexity index is 455. The van der Waals surface area contributed by atoms with Crippen LogP contribution in [0.1, 0.15) is 11.3 Å². The number of hydrogen-bond donors (Lipinski definition) is 1. The first-order chi connectivity index (χ1) is 6.72. The van der Waals surface area contributed by atoms with Crippen LogP contribution in [0.25, 0.3) is 10.9 Å². The van der Waals surface area contributed by atoms with E-state index in [0.29, 0.717) is 0 Å². The molecular weight excluding hydrogens is 172 g/mol. The second-order valence-corrected chi connectivity index (χ2v) is 3.77. The molecule has 0 saturated carbocycles. The van der Waals surface area contributed by atoms with E-state index in [1.165, 1.54) is 22.2 Å². The van der Waals surface area contributed by atoms with Gasteiger partial charge in [-0.3, -0.25) is 0 Å². The van der Waals surface area contributed by atoms with Gasteiger partial charge in [-0.2, -0.15) is 0 Å². The second-order valence-electron chi connectivity index (χ2n) is 3.77. The summed E-state index contributed by atoms with van der Waals surface area (Å²) in [5.41, 5.74) is 3.96. The quantitative estimate of drug-likeness (QED) is 0.764. The molecule has 0 amide bonds.